The van der Waals surface area contributed by atoms with Crippen LogP contribution >= 0.6 is 23.2 Å². The molecule has 2 saturated heterocycles. The second-order valence-electron chi connectivity index (χ2n) is 7.16. The predicted molar refractivity (Wildman–Crippen MR) is 106 cm³/mol. The first kappa shape index (κ1) is 18.8. The molecule has 2 fully saturated rings. The van der Waals surface area contributed by atoms with E-state index in [1.165, 1.54) is 32.5 Å². The Morgan fingerprint density at radius 3 is 2.60 bits per heavy atom. The molecule has 0 aliphatic carbocycles. The van der Waals surface area contributed by atoms with E-state index in [1.54, 1.807) is 12.1 Å². The van der Waals surface area contributed by atoms with Gasteiger partial charge in [-0.2, -0.15) is 0 Å². The van der Waals surface area contributed by atoms with Crippen molar-refractivity contribution < 1.29 is 0 Å². The van der Waals surface area contributed by atoms with Crippen molar-refractivity contribution in [1.82, 2.24) is 14.7 Å². The number of nitrogens with one attached hydrogen (secondary N) is 2. The van der Waals surface area contributed by atoms with Crippen LogP contribution in [0.2, 0.25) is 10.0 Å². The van der Waals surface area contributed by atoms with Gasteiger partial charge >= 0.3 is 0 Å². The number of guanidine groups is 1. The molecular weight excluding hydrogens is 357 g/mol. The lowest BCUT2D eigenvalue weighted by atomic mass is 9.97. The fourth-order valence-corrected chi connectivity index (χ4v) is 4.03. The Balaban J connectivity index is 1.45. The smallest absolute Gasteiger partial charge is 0.195 e. The Bertz CT molecular complexity index is 601. The maximum atomic E-state index is 8.30. The molecule has 0 aromatic heterocycles. The molecule has 5 nitrogen and oxygen atoms in total. The van der Waals surface area contributed by atoms with Crippen molar-refractivity contribution in [3.63, 3.8) is 0 Å². The molecule has 1 aromatic carbocycles. The molecule has 0 bridgehead atoms. The third-order valence-electron chi connectivity index (χ3n) is 5.11. The SMILES string of the molecule is CN1CCCC(CN2CCN(C(=N)Nc3ccc(Cl)c(Cl)c3)CC2)C1. The molecule has 3 rings (SSSR count). The molecule has 2 aliphatic rings. The van der Waals surface area contributed by atoms with Crippen molar-refractivity contribution in [3.05, 3.63) is 28.2 Å². The number of benzene rings is 1. The molecule has 1 unspecified atom stereocenters. The van der Waals surface area contributed by atoms with Gasteiger partial charge in [-0.3, -0.25) is 10.3 Å². The van der Waals surface area contributed by atoms with Crippen LogP contribution in [0.4, 0.5) is 5.69 Å². The average molecular weight is 384 g/mol. The Labute approximate surface area is 160 Å². The number of nitrogens with zero attached hydrogens (tertiary/aromatic N) is 3. The predicted octanol–water partition coefficient (Wildman–Crippen LogP) is 3.30. The first-order valence-corrected chi connectivity index (χ1v) is 9.73. The zero-order valence-corrected chi connectivity index (χ0v) is 16.3. The molecule has 2 aliphatic heterocycles. The van der Waals surface area contributed by atoms with Crippen molar-refractivity contribution in [1.29, 1.82) is 5.41 Å². The zero-order chi connectivity index (χ0) is 17.8. The highest BCUT2D eigenvalue weighted by Crippen LogP contribution is 2.25. The maximum absolute atomic E-state index is 8.30. The summed E-state index contributed by atoms with van der Waals surface area (Å²) < 4.78 is 0. The van der Waals surface area contributed by atoms with Crippen molar-refractivity contribution in [3.8, 4) is 0 Å². The van der Waals surface area contributed by atoms with Gasteiger partial charge in [0.15, 0.2) is 5.96 Å². The quantitative estimate of drug-likeness (QED) is 0.620. The molecule has 1 aromatic rings. The number of anilines is 1. The summed E-state index contributed by atoms with van der Waals surface area (Å²) in [4.78, 5) is 7.08. The highest BCUT2D eigenvalue weighted by molar-refractivity contribution is 6.42. The number of rotatable bonds is 3. The molecule has 0 radical (unpaired) electrons. The molecule has 2 N–H and O–H groups in total. The van der Waals surface area contributed by atoms with Gasteiger partial charge in [0.05, 0.1) is 10.0 Å². The Kier molecular flexibility index (Phi) is 6.44. The van der Waals surface area contributed by atoms with Crippen molar-refractivity contribution in [2.24, 2.45) is 5.92 Å². The van der Waals surface area contributed by atoms with Gasteiger partial charge in [-0.1, -0.05) is 23.2 Å². The maximum Gasteiger partial charge on any atom is 0.195 e. The van der Waals surface area contributed by atoms with Crippen molar-refractivity contribution in [2.75, 3.05) is 58.2 Å². The molecule has 138 valence electrons. The number of halogens is 2. The van der Waals surface area contributed by atoms with Gasteiger partial charge in [0.2, 0.25) is 0 Å². The molecule has 7 heteroatoms. The van der Waals surface area contributed by atoms with Gasteiger partial charge in [0.1, 0.15) is 0 Å². The molecule has 0 spiro atoms. The van der Waals surface area contributed by atoms with Gasteiger partial charge < -0.3 is 15.1 Å². The van der Waals surface area contributed by atoms with Crippen LogP contribution in [-0.4, -0.2) is 73.5 Å². The van der Waals surface area contributed by atoms with Gasteiger partial charge in [-0.15, -0.1) is 0 Å². The molecule has 25 heavy (non-hydrogen) atoms. The van der Waals surface area contributed by atoms with Crippen molar-refractivity contribution in [2.45, 2.75) is 12.8 Å². The number of piperazine rings is 1. The van der Waals surface area contributed by atoms with Gasteiger partial charge in [0.25, 0.3) is 0 Å². The summed E-state index contributed by atoms with van der Waals surface area (Å²) in [5.41, 5.74) is 0.798. The van der Waals surface area contributed by atoms with Crippen LogP contribution in [0.15, 0.2) is 18.2 Å². The Morgan fingerprint density at radius 1 is 1.16 bits per heavy atom. The molecule has 0 saturated carbocycles. The number of hydrogen-bond acceptors (Lipinski definition) is 3. The van der Waals surface area contributed by atoms with E-state index in [1.807, 2.05) is 6.07 Å². The largest absolute Gasteiger partial charge is 0.340 e. The third kappa shape index (κ3) is 5.23. The number of hydrogen-bond donors (Lipinski definition) is 2. The summed E-state index contributed by atoms with van der Waals surface area (Å²) in [6.45, 7) is 7.45. The molecule has 0 amide bonds. The van der Waals surface area contributed by atoms with Crippen LogP contribution in [0.25, 0.3) is 0 Å². The summed E-state index contributed by atoms with van der Waals surface area (Å²) in [6, 6.07) is 5.35. The normalized spacial score (nSPS) is 22.8. The van der Waals surface area contributed by atoms with Crippen molar-refractivity contribution >= 4 is 34.8 Å². The average Bonchev–Trinajstić information content (AvgIpc) is 2.59. The summed E-state index contributed by atoms with van der Waals surface area (Å²) in [6.07, 6.45) is 2.67. The van der Waals surface area contributed by atoms with E-state index in [0.29, 0.717) is 16.0 Å². The standard InChI is InChI=1S/C18H27Cl2N5/c1-23-6-2-3-14(12-23)13-24-7-9-25(10-8-24)18(21)22-15-4-5-16(19)17(20)11-15/h4-5,11,14H,2-3,6-10,12-13H2,1H3,(H2,21,22). The minimum absolute atomic E-state index is 0.426. The van der Waals surface area contributed by atoms with Crippen LogP contribution in [0, 0.1) is 11.3 Å². The van der Waals surface area contributed by atoms with E-state index < -0.39 is 0 Å². The first-order valence-electron chi connectivity index (χ1n) is 8.98. The van der Waals surface area contributed by atoms with E-state index >= 15 is 0 Å². The fraction of sp³-hybridized carbons (Fsp3) is 0.611. The van der Waals surface area contributed by atoms with Crippen LogP contribution in [0.1, 0.15) is 12.8 Å². The molecular formula is C18H27Cl2N5. The Morgan fingerprint density at radius 2 is 1.92 bits per heavy atom. The minimum atomic E-state index is 0.426. The summed E-state index contributed by atoms with van der Waals surface area (Å²) in [5.74, 6) is 1.22. The lowest BCUT2D eigenvalue weighted by Gasteiger charge is -2.39. The molecule has 2 heterocycles. The highest BCUT2D eigenvalue weighted by atomic mass is 35.5. The number of likely N-dealkylation sites (tertiary alicyclic amines) is 1. The summed E-state index contributed by atoms with van der Waals surface area (Å²) in [5, 5.41) is 12.5. The summed E-state index contributed by atoms with van der Waals surface area (Å²) in [7, 11) is 2.22. The highest BCUT2D eigenvalue weighted by Gasteiger charge is 2.24. The zero-order valence-electron chi connectivity index (χ0n) is 14.8. The van der Waals surface area contributed by atoms with E-state index in [9.17, 15) is 0 Å². The monoisotopic (exact) mass is 383 g/mol. The van der Waals surface area contributed by atoms with Crippen LogP contribution in [0.3, 0.4) is 0 Å². The lowest BCUT2D eigenvalue weighted by Crippen LogP contribution is -2.52. The van der Waals surface area contributed by atoms with Gasteiger partial charge in [0, 0.05) is 45.0 Å². The van der Waals surface area contributed by atoms with Gasteiger partial charge in [-0.25, -0.2) is 0 Å². The van der Waals surface area contributed by atoms with Crippen LogP contribution < -0.4 is 5.32 Å². The third-order valence-corrected chi connectivity index (χ3v) is 5.85. The van der Waals surface area contributed by atoms with Gasteiger partial charge in [-0.05, 0) is 50.6 Å². The fourth-order valence-electron chi connectivity index (χ4n) is 3.73. The van der Waals surface area contributed by atoms with E-state index in [4.69, 9.17) is 28.6 Å². The topological polar surface area (TPSA) is 45.6 Å². The van der Waals surface area contributed by atoms with Crippen LogP contribution in [-0.2, 0) is 0 Å². The van der Waals surface area contributed by atoms with Crippen LogP contribution in [0.5, 0.6) is 0 Å². The van der Waals surface area contributed by atoms with E-state index in [0.717, 1.165) is 37.8 Å². The Hall–Kier alpha value is -1.01. The second-order valence-corrected chi connectivity index (χ2v) is 7.98. The molecule has 1 atom stereocenters. The summed E-state index contributed by atoms with van der Waals surface area (Å²) >= 11 is 12.0. The second kappa shape index (κ2) is 8.58. The van der Waals surface area contributed by atoms with E-state index in [2.05, 4.69) is 27.1 Å². The first-order chi connectivity index (χ1) is 12.0. The lowest BCUT2D eigenvalue weighted by molar-refractivity contribution is 0.121. The minimum Gasteiger partial charge on any atom is -0.340 e. The number of piperidine rings is 1. The van der Waals surface area contributed by atoms with E-state index in [-0.39, 0.29) is 0 Å².